The molecule has 0 aliphatic heterocycles. The molecule has 0 saturated heterocycles. The van der Waals surface area contributed by atoms with Crippen molar-refractivity contribution >= 4 is 28.6 Å². The fraction of sp³-hybridized carbons (Fsp3) is 0.0370. The lowest BCUT2D eigenvalue weighted by molar-refractivity contribution is -0.133. The third-order valence-corrected chi connectivity index (χ3v) is 5.31. The maximum atomic E-state index is 12.9. The SMILES string of the molecule is COC(=O)C(=Cc1cn(-c2ccccc2)nc1-c1cc2ccccc2oc1=O)c1ccccn1. The van der Waals surface area contributed by atoms with Crippen LogP contribution >= 0.6 is 0 Å². The predicted octanol–water partition coefficient (Wildman–Crippen LogP) is 4.75. The van der Waals surface area contributed by atoms with Crippen LogP contribution in [0.15, 0.2) is 100 Å². The molecule has 7 nitrogen and oxygen atoms in total. The van der Waals surface area contributed by atoms with Gasteiger partial charge in [0.25, 0.3) is 0 Å². The van der Waals surface area contributed by atoms with Gasteiger partial charge in [-0.1, -0.05) is 42.5 Å². The Bertz CT molecular complexity index is 1570. The van der Waals surface area contributed by atoms with E-state index in [4.69, 9.17) is 9.15 Å². The molecule has 0 N–H and O–H groups in total. The molecule has 3 heterocycles. The largest absolute Gasteiger partial charge is 0.465 e. The van der Waals surface area contributed by atoms with Crippen LogP contribution in [0.2, 0.25) is 0 Å². The average Bonchev–Trinajstić information content (AvgIpc) is 3.31. The second-order valence-electron chi connectivity index (χ2n) is 7.46. The van der Waals surface area contributed by atoms with Crippen LogP contribution in [0.25, 0.3) is 39.6 Å². The first-order valence-electron chi connectivity index (χ1n) is 10.5. The van der Waals surface area contributed by atoms with E-state index in [1.54, 1.807) is 59.5 Å². The molecule has 0 atom stereocenters. The van der Waals surface area contributed by atoms with Crippen LogP contribution in [0.5, 0.6) is 0 Å². The Balaban J connectivity index is 1.76. The van der Waals surface area contributed by atoms with Gasteiger partial charge < -0.3 is 9.15 Å². The van der Waals surface area contributed by atoms with Crippen LogP contribution in [0.3, 0.4) is 0 Å². The first-order valence-corrected chi connectivity index (χ1v) is 10.5. The van der Waals surface area contributed by atoms with Crippen molar-refractivity contribution in [3.8, 4) is 16.9 Å². The second-order valence-corrected chi connectivity index (χ2v) is 7.46. The van der Waals surface area contributed by atoms with Crippen molar-refractivity contribution in [3.05, 3.63) is 113 Å². The summed E-state index contributed by atoms with van der Waals surface area (Å²) in [6.07, 6.45) is 4.98. The van der Waals surface area contributed by atoms with Gasteiger partial charge >= 0.3 is 11.6 Å². The lowest BCUT2D eigenvalue weighted by atomic mass is 10.0. The maximum absolute atomic E-state index is 12.9. The topological polar surface area (TPSA) is 87.2 Å². The molecule has 0 amide bonds. The van der Waals surface area contributed by atoms with Crippen LogP contribution in [-0.2, 0) is 9.53 Å². The number of carbonyl (C=O) groups excluding carboxylic acids is 1. The van der Waals surface area contributed by atoms with E-state index in [-0.39, 0.29) is 11.1 Å². The van der Waals surface area contributed by atoms with Gasteiger partial charge in [-0.05, 0) is 42.5 Å². The fourth-order valence-corrected chi connectivity index (χ4v) is 3.67. The van der Waals surface area contributed by atoms with Crippen molar-refractivity contribution < 1.29 is 13.9 Å². The Kier molecular flexibility index (Phi) is 5.58. The monoisotopic (exact) mass is 449 g/mol. The normalized spacial score (nSPS) is 11.5. The molecule has 0 bridgehead atoms. The van der Waals surface area contributed by atoms with Crippen LogP contribution in [0, 0.1) is 0 Å². The Morgan fingerprint density at radius 2 is 1.76 bits per heavy atom. The van der Waals surface area contributed by atoms with E-state index in [9.17, 15) is 9.59 Å². The number of methoxy groups -OCH3 is 1. The summed E-state index contributed by atoms with van der Waals surface area (Å²) < 4.78 is 12.2. The molecule has 5 aromatic rings. The highest BCUT2D eigenvalue weighted by Gasteiger charge is 2.20. The Hall–Kier alpha value is -4.78. The van der Waals surface area contributed by atoms with Crippen LogP contribution < -0.4 is 5.63 Å². The third-order valence-electron chi connectivity index (χ3n) is 5.31. The van der Waals surface area contributed by atoms with Crippen molar-refractivity contribution in [1.29, 1.82) is 0 Å². The van der Waals surface area contributed by atoms with Gasteiger partial charge in [-0.2, -0.15) is 5.10 Å². The summed E-state index contributed by atoms with van der Waals surface area (Å²) in [5.41, 5.74) is 2.64. The van der Waals surface area contributed by atoms with Crippen molar-refractivity contribution in [1.82, 2.24) is 14.8 Å². The Morgan fingerprint density at radius 3 is 2.53 bits per heavy atom. The smallest absolute Gasteiger partial charge is 0.345 e. The molecule has 0 fully saturated rings. The summed E-state index contributed by atoms with van der Waals surface area (Å²) in [5.74, 6) is -0.553. The number of pyridine rings is 1. The number of hydrogen-bond acceptors (Lipinski definition) is 6. The van der Waals surface area contributed by atoms with Gasteiger partial charge in [0.2, 0.25) is 0 Å². The molecule has 5 rings (SSSR count). The number of nitrogens with zero attached hydrogens (tertiary/aromatic N) is 3. The fourth-order valence-electron chi connectivity index (χ4n) is 3.67. The molecule has 34 heavy (non-hydrogen) atoms. The molecular formula is C27H19N3O4. The van der Waals surface area contributed by atoms with E-state index in [2.05, 4.69) is 10.1 Å². The maximum Gasteiger partial charge on any atom is 0.345 e. The standard InChI is InChI=1S/C27H19N3O4/c1-33-26(31)21(23-12-7-8-14-28-23)16-19-17-30(20-10-3-2-4-11-20)29-25(19)22-15-18-9-5-6-13-24(18)34-27(22)32/h2-17H,1H3. The summed E-state index contributed by atoms with van der Waals surface area (Å²) in [4.78, 5) is 29.9. The minimum atomic E-state index is -0.553. The van der Waals surface area contributed by atoms with Gasteiger partial charge in [-0.25, -0.2) is 14.3 Å². The molecule has 7 heteroatoms. The summed E-state index contributed by atoms with van der Waals surface area (Å²) in [6.45, 7) is 0. The zero-order chi connectivity index (χ0) is 23.5. The van der Waals surface area contributed by atoms with E-state index < -0.39 is 11.6 Å². The first-order chi connectivity index (χ1) is 16.6. The Morgan fingerprint density at radius 1 is 1.00 bits per heavy atom. The summed E-state index contributed by atoms with van der Waals surface area (Å²) in [5, 5.41) is 5.45. The van der Waals surface area contributed by atoms with E-state index in [1.165, 1.54) is 7.11 Å². The number of ether oxygens (including phenoxy) is 1. The van der Waals surface area contributed by atoms with E-state index in [0.29, 0.717) is 22.5 Å². The summed E-state index contributed by atoms with van der Waals surface area (Å²) >= 11 is 0. The first kappa shape index (κ1) is 21.1. The van der Waals surface area contributed by atoms with Gasteiger partial charge in [-0.3, -0.25) is 4.98 Å². The van der Waals surface area contributed by atoms with E-state index in [0.717, 1.165) is 11.1 Å². The molecule has 0 radical (unpaired) electrons. The minimum absolute atomic E-state index is 0.238. The number of rotatable bonds is 5. The molecule has 2 aromatic carbocycles. The zero-order valence-electron chi connectivity index (χ0n) is 18.2. The van der Waals surface area contributed by atoms with Crippen molar-refractivity contribution in [2.45, 2.75) is 0 Å². The van der Waals surface area contributed by atoms with Crippen LogP contribution in [0.1, 0.15) is 11.3 Å². The highest BCUT2D eigenvalue weighted by molar-refractivity contribution is 6.21. The number of fused-ring (bicyclic) bond motifs is 1. The summed E-state index contributed by atoms with van der Waals surface area (Å²) in [6, 6.07) is 23.8. The molecule has 0 spiro atoms. The molecular weight excluding hydrogens is 430 g/mol. The van der Waals surface area contributed by atoms with E-state index in [1.807, 2.05) is 42.5 Å². The highest BCUT2D eigenvalue weighted by Crippen LogP contribution is 2.28. The van der Waals surface area contributed by atoms with Crippen molar-refractivity contribution in [2.24, 2.45) is 0 Å². The van der Waals surface area contributed by atoms with Crippen molar-refractivity contribution in [3.63, 3.8) is 0 Å². The molecule has 0 unspecified atom stereocenters. The zero-order valence-corrected chi connectivity index (χ0v) is 18.2. The van der Waals surface area contributed by atoms with Gasteiger partial charge in [0.1, 0.15) is 11.3 Å². The quantitative estimate of drug-likeness (QED) is 0.219. The number of aromatic nitrogens is 3. The molecule has 0 aliphatic rings. The van der Waals surface area contributed by atoms with Crippen LogP contribution in [0.4, 0.5) is 0 Å². The number of carbonyl (C=O) groups is 1. The van der Waals surface area contributed by atoms with Gasteiger partial charge in [0, 0.05) is 23.3 Å². The predicted molar refractivity (Wildman–Crippen MR) is 129 cm³/mol. The molecule has 3 aromatic heterocycles. The number of hydrogen-bond donors (Lipinski definition) is 0. The van der Waals surface area contributed by atoms with Gasteiger partial charge in [0.05, 0.1) is 29.6 Å². The molecule has 0 saturated carbocycles. The lowest BCUT2D eigenvalue weighted by Gasteiger charge is -2.05. The highest BCUT2D eigenvalue weighted by atomic mass is 16.5. The van der Waals surface area contributed by atoms with Crippen LogP contribution in [-0.4, -0.2) is 27.8 Å². The number of para-hydroxylation sites is 2. The van der Waals surface area contributed by atoms with Crippen molar-refractivity contribution in [2.75, 3.05) is 7.11 Å². The minimum Gasteiger partial charge on any atom is -0.465 e. The molecule has 166 valence electrons. The number of benzene rings is 2. The van der Waals surface area contributed by atoms with Gasteiger partial charge in [0.15, 0.2) is 0 Å². The Labute approximate surface area is 194 Å². The van der Waals surface area contributed by atoms with Gasteiger partial charge in [-0.15, -0.1) is 0 Å². The summed E-state index contributed by atoms with van der Waals surface area (Å²) in [7, 11) is 1.31. The third kappa shape index (κ3) is 4.02. The molecule has 0 aliphatic carbocycles. The number of esters is 1. The lowest BCUT2D eigenvalue weighted by Crippen LogP contribution is -2.06. The second kappa shape index (κ2) is 8.99. The average molecular weight is 449 g/mol. The van der Waals surface area contributed by atoms with E-state index >= 15 is 0 Å².